The van der Waals surface area contributed by atoms with Crippen LogP contribution in [-0.2, 0) is 6.42 Å². The number of pyridine rings is 1. The molecular weight excluding hydrogens is 270 g/mol. The molecule has 21 heavy (non-hydrogen) atoms. The van der Waals surface area contributed by atoms with Crippen LogP contribution in [0.25, 0.3) is 10.8 Å². The Bertz CT molecular complexity index is 831. The number of aromatic nitrogens is 4. The van der Waals surface area contributed by atoms with Crippen molar-refractivity contribution in [2.24, 2.45) is 0 Å². The van der Waals surface area contributed by atoms with Crippen LogP contribution < -0.4 is 11.0 Å². The quantitative estimate of drug-likeness (QED) is 0.653. The fraction of sp³-hybridized carbons (Fsp3) is 0.143. The van der Waals surface area contributed by atoms with Crippen LogP contribution in [0.4, 0.5) is 0 Å². The maximum Gasteiger partial charge on any atom is 0.340 e. The third-order valence-electron chi connectivity index (χ3n) is 3.13. The molecule has 7 heteroatoms. The highest BCUT2D eigenvalue weighted by atomic mass is 16.2. The van der Waals surface area contributed by atoms with Gasteiger partial charge in [-0.15, -0.1) is 0 Å². The van der Waals surface area contributed by atoms with Crippen LogP contribution in [0.5, 0.6) is 0 Å². The Hall–Kier alpha value is -2.96. The first-order valence-electron chi connectivity index (χ1n) is 6.48. The summed E-state index contributed by atoms with van der Waals surface area (Å²) >= 11 is 0. The first-order valence-corrected chi connectivity index (χ1v) is 6.48. The van der Waals surface area contributed by atoms with Crippen molar-refractivity contribution in [2.75, 3.05) is 6.54 Å². The number of carbonyl (C=O) groups is 1. The molecule has 3 N–H and O–H groups in total. The largest absolute Gasteiger partial charge is 0.352 e. The maximum atomic E-state index is 12.2. The first-order chi connectivity index (χ1) is 10.2. The Morgan fingerprint density at radius 1 is 1.29 bits per heavy atom. The lowest BCUT2D eigenvalue weighted by Crippen LogP contribution is -2.26. The second kappa shape index (κ2) is 5.58. The summed E-state index contributed by atoms with van der Waals surface area (Å²) in [5.74, 6) is 0.339. The lowest BCUT2D eigenvalue weighted by Gasteiger charge is -2.07. The van der Waals surface area contributed by atoms with E-state index in [-0.39, 0.29) is 11.6 Å². The van der Waals surface area contributed by atoms with Gasteiger partial charge in [-0.05, 0) is 17.5 Å². The van der Waals surface area contributed by atoms with Gasteiger partial charge in [0, 0.05) is 36.3 Å². The standard InChI is InChI=1S/C14H13N5O2/c20-13(16-7-5-12-17-14(21)19-18-12)10-3-1-2-9-4-6-15-8-11(9)10/h1-4,6,8H,5,7H2,(H,16,20)(H2,17,18,19,21). The van der Waals surface area contributed by atoms with E-state index in [0.29, 0.717) is 24.4 Å². The number of hydrogen-bond donors (Lipinski definition) is 3. The van der Waals surface area contributed by atoms with Gasteiger partial charge in [-0.25, -0.2) is 9.89 Å². The first kappa shape index (κ1) is 13.0. The monoisotopic (exact) mass is 283 g/mol. The molecule has 2 heterocycles. The van der Waals surface area contributed by atoms with E-state index in [1.807, 2.05) is 18.2 Å². The number of benzene rings is 1. The van der Waals surface area contributed by atoms with E-state index < -0.39 is 0 Å². The summed E-state index contributed by atoms with van der Waals surface area (Å²) in [6.45, 7) is 0.385. The van der Waals surface area contributed by atoms with Gasteiger partial charge in [0.15, 0.2) is 0 Å². The lowest BCUT2D eigenvalue weighted by atomic mass is 10.1. The topological polar surface area (TPSA) is 104 Å². The van der Waals surface area contributed by atoms with Crippen LogP contribution in [-0.4, -0.2) is 32.6 Å². The zero-order valence-corrected chi connectivity index (χ0v) is 11.1. The van der Waals surface area contributed by atoms with Crippen molar-refractivity contribution in [3.63, 3.8) is 0 Å². The van der Waals surface area contributed by atoms with E-state index in [1.165, 1.54) is 0 Å². The van der Waals surface area contributed by atoms with Crippen molar-refractivity contribution >= 4 is 16.7 Å². The minimum Gasteiger partial charge on any atom is -0.352 e. The average Bonchev–Trinajstić information content (AvgIpc) is 2.92. The van der Waals surface area contributed by atoms with Crippen LogP contribution in [0, 0.1) is 0 Å². The zero-order chi connectivity index (χ0) is 14.7. The number of rotatable bonds is 4. The predicted molar refractivity (Wildman–Crippen MR) is 77.0 cm³/mol. The molecule has 1 aromatic carbocycles. The van der Waals surface area contributed by atoms with Crippen molar-refractivity contribution in [1.82, 2.24) is 25.5 Å². The van der Waals surface area contributed by atoms with Crippen molar-refractivity contribution in [1.29, 1.82) is 0 Å². The van der Waals surface area contributed by atoms with Crippen LogP contribution in [0.1, 0.15) is 16.2 Å². The van der Waals surface area contributed by atoms with E-state index in [1.54, 1.807) is 18.5 Å². The van der Waals surface area contributed by atoms with Gasteiger partial charge in [0.05, 0.1) is 0 Å². The van der Waals surface area contributed by atoms with Gasteiger partial charge in [-0.1, -0.05) is 12.1 Å². The number of carbonyl (C=O) groups excluding carboxylic acids is 1. The Morgan fingerprint density at radius 3 is 3.00 bits per heavy atom. The third kappa shape index (κ3) is 2.81. The Balaban J connectivity index is 1.71. The van der Waals surface area contributed by atoms with Gasteiger partial charge < -0.3 is 5.32 Å². The molecular formula is C14H13N5O2. The molecule has 0 atom stereocenters. The van der Waals surface area contributed by atoms with Crippen molar-refractivity contribution < 1.29 is 4.79 Å². The summed E-state index contributed by atoms with van der Waals surface area (Å²) in [5, 5.41) is 10.6. The Labute approximate surface area is 119 Å². The number of aromatic amines is 2. The van der Waals surface area contributed by atoms with E-state index in [4.69, 9.17) is 0 Å². The van der Waals surface area contributed by atoms with E-state index in [0.717, 1.165) is 10.8 Å². The molecule has 0 saturated carbocycles. The molecule has 0 fully saturated rings. The molecule has 106 valence electrons. The summed E-state index contributed by atoms with van der Waals surface area (Å²) in [4.78, 5) is 29.7. The van der Waals surface area contributed by atoms with Gasteiger partial charge in [0.25, 0.3) is 5.91 Å². The molecule has 1 amide bonds. The summed E-state index contributed by atoms with van der Waals surface area (Å²) in [6, 6.07) is 7.39. The van der Waals surface area contributed by atoms with Crippen molar-refractivity contribution in [3.8, 4) is 0 Å². The second-order valence-corrected chi connectivity index (χ2v) is 4.53. The molecule has 0 aliphatic rings. The molecule has 0 spiro atoms. The number of fused-ring (bicyclic) bond motifs is 1. The van der Waals surface area contributed by atoms with Crippen LogP contribution in [0.2, 0.25) is 0 Å². The van der Waals surface area contributed by atoms with Gasteiger partial charge in [0.2, 0.25) is 0 Å². The molecule has 2 aromatic heterocycles. The van der Waals surface area contributed by atoms with Gasteiger partial charge in [-0.3, -0.25) is 14.8 Å². The van der Waals surface area contributed by atoms with Crippen LogP contribution in [0.3, 0.4) is 0 Å². The highest BCUT2D eigenvalue weighted by molar-refractivity contribution is 6.06. The lowest BCUT2D eigenvalue weighted by molar-refractivity contribution is 0.0955. The summed E-state index contributed by atoms with van der Waals surface area (Å²) in [5.41, 5.74) is 0.229. The smallest absolute Gasteiger partial charge is 0.340 e. The number of nitrogens with zero attached hydrogens (tertiary/aromatic N) is 2. The normalized spacial score (nSPS) is 10.7. The number of hydrogen-bond acceptors (Lipinski definition) is 4. The minimum atomic E-state index is -0.351. The van der Waals surface area contributed by atoms with E-state index >= 15 is 0 Å². The highest BCUT2D eigenvalue weighted by Crippen LogP contribution is 2.16. The maximum absolute atomic E-state index is 12.2. The molecule has 0 unspecified atom stereocenters. The number of H-pyrrole nitrogens is 2. The molecule has 0 aliphatic heterocycles. The molecule has 0 bridgehead atoms. The SMILES string of the molecule is O=C(NCCc1n[nH]c(=O)[nH]1)c1cccc2ccncc12. The van der Waals surface area contributed by atoms with Crippen molar-refractivity contribution in [2.45, 2.75) is 6.42 Å². The summed E-state index contributed by atoms with van der Waals surface area (Å²) in [6.07, 6.45) is 3.82. The van der Waals surface area contributed by atoms with Crippen LogP contribution >= 0.6 is 0 Å². The Morgan fingerprint density at radius 2 is 2.19 bits per heavy atom. The fourth-order valence-corrected chi connectivity index (χ4v) is 2.12. The zero-order valence-electron chi connectivity index (χ0n) is 11.1. The fourth-order valence-electron chi connectivity index (χ4n) is 2.12. The average molecular weight is 283 g/mol. The van der Waals surface area contributed by atoms with E-state index in [9.17, 15) is 9.59 Å². The third-order valence-corrected chi connectivity index (χ3v) is 3.13. The molecule has 3 rings (SSSR count). The second-order valence-electron chi connectivity index (χ2n) is 4.53. The molecule has 0 radical (unpaired) electrons. The summed E-state index contributed by atoms with van der Waals surface area (Å²) < 4.78 is 0. The summed E-state index contributed by atoms with van der Waals surface area (Å²) in [7, 11) is 0. The van der Waals surface area contributed by atoms with Crippen molar-refractivity contribution in [3.05, 3.63) is 58.5 Å². The van der Waals surface area contributed by atoms with Crippen LogP contribution in [0.15, 0.2) is 41.5 Å². The Kier molecular flexibility index (Phi) is 3.46. The van der Waals surface area contributed by atoms with Gasteiger partial charge in [-0.2, -0.15) is 5.10 Å². The van der Waals surface area contributed by atoms with Gasteiger partial charge in [0.1, 0.15) is 5.82 Å². The molecule has 7 nitrogen and oxygen atoms in total. The predicted octanol–water partition coefficient (Wildman–Crippen LogP) is 0.619. The molecule has 0 saturated heterocycles. The highest BCUT2D eigenvalue weighted by Gasteiger charge is 2.09. The molecule has 0 aliphatic carbocycles. The number of amides is 1. The van der Waals surface area contributed by atoms with Gasteiger partial charge >= 0.3 is 5.69 Å². The minimum absolute atomic E-state index is 0.175. The molecule has 3 aromatic rings. The van der Waals surface area contributed by atoms with E-state index in [2.05, 4.69) is 25.5 Å². The number of nitrogens with one attached hydrogen (secondary N) is 3.